The van der Waals surface area contributed by atoms with Crippen LogP contribution in [0.4, 0.5) is 19.0 Å². The summed E-state index contributed by atoms with van der Waals surface area (Å²) in [7, 11) is 0. The first-order valence-electron chi connectivity index (χ1n) is 9.23. The maximum atomic E-state index is 13.0. The summed E-state index contributed by atoms with van der Waals surface area (Å²) in [6.07, 6.45) is -2.92. The first-order valence-corrected chi connectivity index (χ1v) is 9.23. The standard InChI is InChI=1S/C19H24F3N5O/c1-11-6-15(8-17(23-11)19(20,21)22)7-14-4-5-27(10-14)12(2)16-9-18(26-25-16)24-13(3)28/h6,8-9,12,14H,4-5,7,10H2,1-3H3,(H2,24,25,26,28). The summed E-state index contributed by atoms with van der Waals surface area (Å²) < 4.78 is 39.0. The Labute approximate surface area is 161 Å². The molecule has 1 aliphatic heterocycles. The maximum absolute atomic E-state index is 13.0. The lowest BCUT2D eigenvalue weighted by molar-refractivity contribution is -0.141. The minimum absolute atomic E-state index is 0.0740. The summed E-state index contributed by atoms with van der Waals surface area (Å²) in [5.74, 6) is 0.581. The lowest BCUT2D eigenvalue weighted by atomic mass is 9.98. The van der Waals surface area contributed by atoms with Crippen LogP contribution >= 0.6 is 0 Å². The van der Waals surface area contributed by atoms with E-state index in [2.05, 4.69) is 25.4 Å². The molecule has 1 aliphatic rings. The van der Waals surface area contributed by atoms with Gasteiger partial charge in [0.05, 0.1) is 5.69 Å². The van der Waals surface area contributed by atoms with Crippen molar-refractivity contribution in [2.75, 3.05) is 18.4 Å². The zero-order chi connectivity index (χ0) is 20.5. The third-order valence-electron chi connectivity index (χ3n) is 5.04. The number of alkyl halides is 3. The summed E-state index contributed by atoms with van der Waals surface area (Å²) in [5.41, 5.74) is 1.13. The highest BCUT2D eigenvalue weighted by Gasteiger charge is 2.33. The molecule has 1 amide bonds. The first kappa shape index (κ1) is 20.3. The summed E-state index contributed by atoms with van der Waals surface area (Å²) in [5, 5.41) is 9.66. The average Bonchev–Trinajstić information content (AvgIpc) is 3.22. The van der Waals surface area contributed by atoms with E-state index in [0.29, 0.717) is 23.5 Å². The lowest BCUT2D eigenvalue weighted by Crippen LogP contribution is -2.25. The maximum Gasteiger partial charge on any atom is 0.433 e. The SMILES string of the molecule is CC(=O)Nc1cc(C(C)N2CCC(Cc3cc(C)nc(C(F)(F)F)c3)C2)[nH]n1. The number of hydrogen-bond donors (Lipinski definition) is 2. The quantitative estimate of drug-likeness (QED) is 0.809. The predicted octanol–water partition coefficient (Wildman–Crippen LogP) is 3.72. The van der Waals surface area contributed by atoms with E-state index in [4.69, 9.17) is 0 Å². The van der Waals surface area contributed by atoms with Gasteiger partial charge < -0.3 is 5.32 Å². The molecule has 1 fully saturated rings. The van der Waals surface area contributed by atoms with Crippen LogP contribution in [0.25, 0.3) is 0 Å². The van der Waals surface area contributed by atoms with Gasteiger partial charge in [0.25, 0.3) is 0 Å². The van der Waals surface area contributed by atoms with E-state index in [1.165, 1.54) is 6.92 Å². The largest absolute Gasteiger partial charge is 0.433 e. The van der Waals surface area contributed by atoms with Gasteiger partial charge in [-0.15, -0.1) is 0 Å². The number of carbonyl (C=O) groups is 1. The van der Waals surface area contributed by atoms with Crippen molar-refractivity contribution in [2.24, 2.45) is 5.92 Å². The molecule has 9 heteroatoms. The number of halogens is 3. The second kappa shape index (κ2) is 7.90. The molecule has 0 bridgehead atoms. The van der Waals surface area contributed by atoms with Gasteiger partial charge in [-0.2, -0.15) is 18.3 Å². The zero-order valence-corrected chi connectivity index (χ0v) is 16.1. The van der Waals surface area contributed by atoms with Crippen molar-refractivity contribution in [3.05, 3.63) is 40.8 Å². The number of nitrogens with zero attached hydrogens (tertiary/aromatic N) is 3. The summed E-state index contributed by atoms with van der Waals surface area (Å²) in [4.78, 5) is 17.0. The van der Waals surface area contributed by atoms with Crippen molar-refractivity contribution in [2.45, 2.75) is 45.8 Å². The van der Waals surface area contributed by atoms with E-state index < -0.39 is 11.9 Å². The van der Waals surface area contributed by atoms with Crippen molar-refractivity contribution in [3.63, 3.8) is 0 Å². The van der Waals surface area contributed by atoms with Gasteiger partial charge in [0.15, 0.2) is 5.82 Å². The number of H-pyrrole nitrogens is 1. The van der Waals surface area contributed by atoms with E-state index >= 15 is 0 Å². The Balaban J connectivity index is 1.63. The Kier molecular flexibility index (Phi) is 5.74. The van der Waals surface area contributed by atoms with Gasteiger partial charge in [-0.3, -0.25) is 14.8 Å². The normalized spacial score (nSPS) is 19.0. The number of aromatic amines is 1. The molecule has 3 heterocycles. The number of pyridine rings is 1. The highest BCUT2D eigenvalue weighted by atomic mass is 19.4. The molecule has 0 aliphatic carbocycles. The monoisotopic (exact) mass is 395 g/mol. The molecule has 1 saturated heterocycles. The number of carbonyl (C=O) groups excluding carboxylic acids is 1. The molecule has 2 aromatic rings. The van der Waals surface area contributed by atoms with Crippen LogP contribution in [0.15, 0.2) is 18.2 Å². The number of likely N-dealkylation sites (tertiary alicyclic amines) is 1. The second-order valence-corrected chi connectivity index (χ2v) is 7.42. The van der Waals surface area contributed by atoms with E-state index in [1.807, 2.05) is 6.92 Å². The van der Waals surface area contributed by atoms with Gasteiger partial charge in [-0.25, -0.2) is 4.98 Å². The van der Waals surface area contributed by atoms with Crippen molar-refractivity contribution in [3.8, 4) is 0 Å². The number of aryl methyl sites for hydroxylation is 1. The van der Waals surface area contributed by atoms with Crippen molar-refractivity contribution in [1.29, 1.82) is 0 Å². The Morgan fingerprint density at radius 3 is 2.82 bits per heavy atom. The van der Waals surface area contributed by atoms with Crippen molar-refractivity contribution in [1.82, 2.24) is 20.1 Å². The van der Waals surface area contributed by atoms with Crippen molar-refractivity contribution >= 4 is 11.7 Å². The molecular weight excluding hydrogens is 371 g/mol. The molecule has 0 spiro atoms. The molecule has 0 radical (unpaired) electrons. The lowest BCUT2D eigenvalue weighted by Gasteiger charge is -2.23. The minimum atomic E-state index is -4.43. The van der Waals surface area contributed by atoms with Crippen LogP contribution in [0.3, 0.4) is 0 Å². The predicted molar refractivity (Wildman–Crippen MR) is 98.7 cm³/mol. The molecule has 2 unspecified atom stereocenters. The second-order valence-electron chi connectivity index (χ2n) is 7.42. The van der Waals surface area contributed by atoms with E-state index in [0.717, 1.165) is 31.3 Å². The van der Waals surface area contributed by atoms with E-state index in [-0.39, 0.29) is 17.9 Å². The smallest absolute Gasteiger partial charge is 0.309 e. The molecule has 152 valence electrons. The summed E-state index contributed by atoms with van der Waals surface area (Å²) >= 11 is 0. The molecule has 2 aromatic heterocycles. The molecule has 6 nitrogen and oxygen atoms in total. The molecule has 2 atom stereocenters. The van der Waals surface area contributed by atoms with Gasteiger partial charge in [-0.1, -0.05) is 0 Å². The molecule has 0 aromatic carbocycles. The van der Waals surface area contributed by atoms with Gasteiger partial charge in [-0.05, 0) is 56.8 Å². The first-order chi connectivity index (χ1) is 13.1. The highest BCUT2D eigenvalue weighted by molar-refractivity contribution is 5.87. The van der Waals surface area contributed by atoms with Gasteiger partial charge in [0.2, 0.25) is 5.91 Å². The minimum Gasteiger partial charge on any atom is -0.309 e. The van der Waals surface area contributed by atoms with Crippen LogP contribution < -0.4 is 5.32 Å². The number of hydrogen-bond acceptors (Lipinski definition) is 4. The highest BCUT2D eigenvalue weighted by Crippen LogP contribution is 2.32. The molecule has 3 rings (SSSR count). The summed E-state index contributed by atoms with van der Waals surface area (Å²) in [6.45, 7) is 6.71. The molecule has 0 saturated carbocycles. The fourth-order valence-electron chi connectivity index (χ4n) is 3.71. The molecule has 28 heavy (non-hydrogen) atoms. The van der Waals surface area contributed by atoms with Crippen LogP contribution in [0.2, 0.25) is 0 Å². The Morgan fingerprint density at radius 2 is 2.14 bits per heavy atom. The zero-order valence-electron chi connectivity index (χ0n) is 16.1. The van der Waals surface area contributed by atoms with Gasteiger partial charge in [0.1, 0.15) is 5.69 Å². The van der Waals surface area contributed by atoms with Crippen LogP contribution in [0.1, 0.15) is 49.0 Å². The fraction of sp³-hybridized carbons (Fsp3) is 0.526. The number of aromatic nitrogens is 3. The third-order valence-corrected chi connectivity index (χ3v) is 5.04. The van der Waals surface area contributed by atoms with E-state index in [9.17, 15) is 18.0 Å². The molecule has 2 N–H and O–H groups in total. The Hall–Kier alpha value is -2.42. The van der Waals surface area contributed by atoms with Crippen LogP contribution in [0.5, 0.6) is 0 Å². The van der Waals surface area contributed by atoms with Crippen LogP contribution in [-0.2, 0) is 17.4 Å². The number of rotatable bonds is 5. The van der Waals surface area contributed by atoms with E-state index in [1.54, 1.807) is 19.1 Å². The Morgan fingerprint density at radius 1 is 1.39 bits per heavy atom. The van der Waals surface area contributed by atoms with Gasteiger partial charge >= 0.3 is 6.18 Å². The Bertz CT molecular complexity index is 848. The van der Waals surface area contributed by atoms with Crippen LogP contribution in [-0.4, -0.2) is 39.1 Å². The topological polar surface area (TPSA) is 73.9 Å². The number of nitrogens with one attached hydrogen (secondary N) is 2. The van der Waals surface area contributed by atoms with Gasteiger partial charge in [0, 0.05) is 31.3 Å². The number of anilines is 1. The summed E-state index contributed by atoms with van der Waals surface area (Å²) in [6, 6.07) is 4.77. The number of amides is 1. The fourth-order valence-corrected chi connectivity index (χ4v) is 3.71. The van der Waals surface area contributed by atoms with Crippen molar-refractivity contribution < 1.29 is 18.0 Å². The average molecular weight is 395 g/mol. The third kappa shape index (κ3) is 4.89. The van der Waals surface area contributed by atoms with Crippen LogP contribution in [0, 0.1) is 12.8 Å². The molecular formula is C19H24F3N5O.